The largest absolute Gasteiger partial charge is 0.399 e. The lowest BCUT2D eigenvalue weighted by molar-refractivity contribution is -0.00723. The Hall–Kier alpha value is -1.75. The summed E-state index contributed by atoms with van der Waals surface area (Å²) in [6.45, 7) is 2.58. The fourth-order valence-electron chi connectivity index (χ4n) is 3.68. The Bertz CT molecular complexity index is 731. The number of rotatable bonds is 3. The standard InChI is InChI=1S/C16H23N3O2/c1-3-16(21)8-4-5-11(16)10-19-14-9-12(17)6-7-13(14)18(2)15(19)20/h6-7,9,11,21H,3-5,8,10,17H2,1-2H3/t11-,16-/m0/s1. The highest BCUT2D eigenvalue weighted by atomic mass is 16.3. The number of nitrogens with two attached hydrogens (primary N) is 1. The Morgan fingerprint density at radius 2 is 2.19 bits per heavy atom. The first-order valence-electron chi connectivity index (χ1n) is 7.63. The minimum atomic E-state index is -0.637. The molecule has 2 aromatic rings. The Labute approximate surface area is 124 Å². The number of aliphatic hydroxyl groups is 1. The molecular weight excluding hydrogens is 266 g/mol. The van der Waals surface area contributed by atoms with Gasteiger partial charge in [0.25, 0.3) is 0 Å². The van der Waals surface area contributed by atoms with E-state index in [-0.39, 0.29) is 11.6 Å². The molecule has 3 rings (SSSR count). The molecule has 1 heterocycles. The van der Waals surface area contributed by atoms with Crippen LogP contribution in [0.2, 0.25) is 0 Å². The minimum absolute atomic E-state index is 0.0408. The van der Waals surface area contributed by atoms with E-state index in [2.05, 4.69) is 0 Å². The molecule has 1 fully saturated rings. The minimum Gasteiger partial charge on any atom is -0.399 e. The van der Waals surface area contributed by atoms with Crippen LogP contribution in [0.3, 0.4) is 0 Å². The molecule has 0 amide bonds. The number of hydrogen-bond acceptors (Lipinski definition) is 3. The summed E-state index contributed by atoms with van der Waals surface area (Å²) in [5.74, 6) is 0.132. The second kappa shape index (κ2) is 4.91. The molecule has 5 nitrogen and oxygen atoms in total. The van der Waals surface area contributed by atoms with Crippen LogP contribution >= 0.6 is 0 Å². The predicted octanol–water partition coefficient (Wildman–Crippen LogP) is 1.86. The molecule has 3 N–H and O–H groups in total. The van der Waals surface area contributed by atoms with Gasteiger partial charge in [-0.05, 0) is 37.5 Å². The number of fused-ring (bicyclic) bond motifs is 1. The van der Waals surface area contributed by atoms with Crippen molar-refractivity contribution in [2.45, 2.75) is 44.8 Å². The van der Waals surface area contributed by atoms with Gasteiger partial charge < -0.3 is 10.8 Å². The molecule has 0 saturated heterocycles. The van der Waals surface area contributed by atoms with Crippen molar-refractivity contribution < 1.29 is 5.11 Å². The van der Waals surface area contributed by atoms with Gasteiger partial charge in [0.1, 0.15) is 0 Å². The maximum atomic E-state index is 12.5. The van der Waals surface area contributed by atoms with Gasteiger partial charge in [-0.25, -0.2) is 4.79 Å². The van der Waals surface area contributed by atoms with Gasteiger partial charge in [0, 0.05) is 25.2 Å². The Morgan fingerprint density at radius 1 is 1.43 bits per heavy atom. The smallest absolute Gasteiger partial charge is 0.328 e. The van der Waals surface area contributed by atoms with Gasteiger partial charge >= 0.3 is 5.69 Å². The predicted molar refractivity (Wildman–Crippen MR) is 84.2 cm³/mol. The van der Waals surface area contributed by atoms with E-state index in [0.29, 0.717) is 12.2 Å². The van der Waals surface area contributed by atoms with E-state index in [1.165, 1.54) is 0 Å². The quantitative estimate of drug-likeness (QED) is 0.847. The van der Waals surface area contributed by atoms with Gasteiger partial charge in [0.2, 0.25) is 0 Å². The molecule has 1 aromatic carbocycles. The zero-order valence-corrected chi connectivity index (χ0v) is 12.7. The average Bonchev–Trinajstić information content (AvgIpc) is 2.94. The number of aryl methyl sites for hydroxylation is 1. The van der Waals surface area contributed by atoms with Gasteiger partial charge in [-0.15, -0.1) is 0 Å². The second-order valence-electron chi connectivity index (χ2n) is 6.25. The van der Waals surface area contributed by atoms with Crippen LogP contribution in [0.4, 0.5) is 5.69 Å². The normalized spacial score (nSPS) is 25.8. The lowest BCUT2D eigenvalue weighted by Crippen LogP contribution is -2.37. The summed E-state index contributed by atoms with van der Waals surface area (Å²) in [5.41, 5.74) is 7.58. The molecule has 21 heavy (non-hydrogen) atoms. The molecule has 114 valence electrons. The fraction of sp³-hybridized carbons (Fsp3) is 0.562. The Balaban J connectivity index is 2.07. The fourth-order valence-corrected chi connectivity index (χ4v) is 3.68. The van der Waals surface area contributed by atoms with Crippen molar-refractivity contribution in [2.75, 3.05) is 5.73 Å². The molecule has 0 aliphatic heterocycles. The third kappa shape index (κ3) is 2.16. The first kappa shape index (κ1) is 14.2. The third-order valence-corrected chi connectivity index (χ3v) is 5.11. The monoisotopic (exact) mass is 289 g/mol. The molecule has 0 radical (unpaired) electrons. The van der Waals surface area contributed by atoms with Crippen LogP contribution in [-0.2, 0) is 13.6 Å². The van der Waals surface area contributed by atoms with Crippen molar-refractivity contribution in [1.82, 2.24) is 9.13 Å². The summed E-state index contributed by atoms with van der Waals surface area (Å²) in [7, 11) is 1.78. The summed E-state index contributed by atoms with van der Waals surface area (Å²) < 4.78 is 3.41. The summed E-state index contributed by atoms with van der Waals surface area (Å²) in [4.78, 5) is 12.5. The zero-order valence-electron chi connectivity index (χ0n) is 12.7. The van der Waals surface area contributed by atoms with Gasteiger partial charge in [0.15, 0.2) is 0 Å². The van der Waals surface area contributed by atoms with Crippen LogP contribution < -0.4 is 11.4 Å². The molecule has 0 spiro atoms. The molecule has 5 heteroatoms. The third-order valence-electron chi connectivity index (χ3n) is 5.11. The van der Waals surface area contributed by atoms with Crippen LogP contribution in [0.1, 0.15) is 32.6 Å². The summed E-state index contributed by atoms with van der Waals surface area (Å²) in [5, 5.41) is 10.7. The topological polar surface area (TPSA) is 73.2 Å². The van der Waals surface area contributed by atoms with Crippen LogP contribution in [0, 0.1) is 5.92 Å². The maximum Gasteiger partial charge on any atom is 0.328 e. The van der Waals surface area contributed by atoms with E-state index in [0.717, 1.165) is 36.7 Å². The summed E-state index contributed by atoms with van der Waals surface area (Å²) in [6.07, 6.45) is 3.56. The summed E-state index contributed by atoms with van der Waals surface area (Å²) >= 11 is 0. The summed E-state index contributed by atoms with van der Waals surface area (Å²) in [6, 6.07) is 5.53. The molecule has 1 aliphatic carbocycles. The molecular formula is C16H23N3O2. The van der Waals surface area contributed by atoms with E-state index >= 15 is 0 Å². The van der Waals surface area contributed by atoms with Crippen molar-refractivity contribution in [3.63, 3.8) is 0 Å². The molecule has 0 unspecified atom stereocenters. The lowest BCUT2D eigenvalue weighted by atomic mass is 9.88. The number of benzene rings is 1. The van der Waals surface area contributed by atoms with Crippen molar-refractivity contribution in [1.29, 1.82) is 0 Å². The number of imidazole rings is 1. The van der Waals surface area contributed by atoms with Crippen molar-refractivity contribution in [3.8, 4) is 0 Å². The van der Waals surface area contributed by atoms with Crippen molar-refractivity contribution >= 4 is 16.7 Å². The number of nitrogens with zero attached hydrogens (tertiary/aromatic N) is 2. The first-order chi connectivity index (χ1) is 9.96. The van der Waals surface area contributed by atoms with E-state index in [1.54, 1.807) is 16.2 Å². The van der Waals surface area contributed by atoms with Crippen molar-refractivity contribution in [3.05, 3.63) is 28.7 Å². The highest BCUT2D eigenvalue weighted by molar-refractivity contribution is 5.79. The van der Waals surface area contributed by atoms with Crippen molar-refractivity contribution in [2.24, 2.45) is 13.0 Å². The number of aromatic nitrogens is 2. The van der Waals surface area contributed by atoms with E-state index < -0.39 is 5.60 Å². The second-order valence-corrected chi connectivity index (χ2v) is 6.25. The van der Waals surface area contributed by atoms with Gasteiger partial charge in [-0.3, -0.25) is 9.13 Å². The van der Waals surface area contributed by atoms with Gasteiger partial charge in [-0.1, -0.05) is 13.3 Å². The maximum absolute atomic E-state index is 12.5. The highest BCUT2D eigenvalue weighted by Gasteiger charge is 2.40. The Morgan fingerprint density at radius 3 is 2.90 bits per heavy atom. The van der Waals surface area contributed by atoms with Gasteiger partial charge in [-0.2, -0.15) is 0 Å². The molecule has 1 aliphatic rings. The van der Waals surface area contributed by atoms with E-state index in [9.17, 15) is 9.90 Å². The first-order valence-corrected chi connectivity index (χ1v) is 7.63. The molecule has 0 bridgehead atoms. The van der Waals surface area contributed by atoms with Crippen LogP contribution in [0.5, 0.6) is 0 Å². The molecule has 1 aromatic heterocycles. The number of nitrogen functional groups attached to an aromatic ring is 1. The number of anilines is 1. The molecule has 1 saturated carbocycles. The SMILES string of the molecule is CC[C@]1(O)CCC[C@H]1Cn1c(=O)n(C)c2ccc(N)cc21. The average molecular weight is 289 g/mol. The Kier molecular flexibility index (Phi) is 3.32. The molecule has 2 atom stereocenters. The zero-order chi connectivity index (χ0) is 15.2. The van der Waals surface area contributed by atoms with E-state index in [4.69, 9.17) is 5.73 Å². The van der Waals surface area contributed by atoms with Crippen LogP contribution in [0.25, 0.3) is 11.0 Å². The van der Waals surface area contributed by atoms with Crippen LogP contribution in [-0.4, -0.2) is 19.8 Å². The number of hydrogen-bond donors (Lipinski definition) is 2. The highest BCUT2D eigenvalue weighted by Crippen LogP contribution is 2.39. The van der Waals surface area contributed by atoms with Crippen LogP contribution in [0.15, 0.2) is 23.0 Å². The van der Waals surface area contributed by atoms with E-state index in [1.807, 2.05) is 25.1 Å². The lowest BCUT2D eigenvalue weighted by Gasteiger charge is -2.29. The van der Waals surface area contributed by atoms with Gasteiger partial charge in [0.05, 0.1) is 16.6 Å².